The minimum absolute atomic E-state index is 0.0820. The second-order valence-corrected chi connectivity index (χ2v) is 5.69. The van der Waals surface area contributed by atoms with Gasteiger partial charge in [-0.25, -0.2) is 0 Å². The van der Waals surface area contributed by atoms with E-state index in [0.29, 0.717) is 6.54 Å². The van der Waals surface area contributed by atoms with Crippen LogP contribution in [-0.4, -0.2) is 11.9 Å². The number of hydrogen-bond donors (Lipinski definition) is 2. The van der Waals surface area contributed by atoms with E-state index < -0.39 is 6.04 Å². The van der Waals surface area contributed by atoms with Crippen LogP contribution in [-0.2, 0) is 11.3 Å². The van der Waals surface area contributed by atoms with Crippen LogP contribution < -0.4 is 11.1 Å². The molecule has 0 aliphatic rings. The molecule has 0 saturated carbocycles. The van der Waals surface area contributed by atoms with Crippen molar-refractivity contribution in [3.63, 3.8) is 0 Å². The van der Waals surface area contributed by atoms with E-state index in [-0.39, 0.29) is 11.8 Å². The van der Waals surface area contributed by atoms with Gasteiger partial charge in [0.1, 0.15) is 0 Å². The highest BCUT2D eigenvalue weighted by molar-refractivity contribution is 5.81. The van der Waals surface area contributed by atoms with Gasteiger partial charge in [-0.3, -0.25) is 4.79 Å². The standard InChI is InChI=1S/C19H24N2O/c1-3-14(2)18(20)19(22)21-13-15-9-11-17(12-10-15)16-7-5-4-6-8-16/h4-12,14,18H,3,13,20H2,1-2H3,(H,21,22)/t14-,18-/m0/s1. The van der Waals surface area contributed by atoms with Crippen molar-refractivity contribution in [1.82, 2.24) is 5.32 Å². The molecule has 2 rings (SSSR count). The van der Waals surface area contributed by atoms with Gasteiger partial charge in [0.15, 0.2) is 0 Å². The third-order valence-electron chi connectivity index (χ3n) is 4.09. The zero-order valence-corrected chi connectivity index (χ0v) is 13.3. The van der Waals surface area contributed by atoms with E-state index in [4.69, 9.17) is 5.73 Å². The van der Waals surface area contributed by atoms with E-state index in [1.54, 1.807) is 0 Å². The molecular formula is C19H24N2O. The maximum atomic E-state index is 12.0. The third kappa shape index (κ3) is 4.18. The summed E-state index contributed by atoms with van der Waals surface area (Å²) in [5.41, 5.74) is 9.36. The van der Waals surface area contributed by atoms with Gasteiger partial charge in [-0.05, 0) is 22.6 Å². The van der Waals surface area contributed by atoms with Gasteiger partial charge >= 0.3 is 0 Å². The van der Waals surface area contributed by atoms with Gasteiger partial charge in [0.25, 0.3) is 0 Å². The van der Waals surface area contributed by atoms with Gasteiger partial charge in [0.05, 0.1) is 6.04 Å². The highest BCUT2D eigenvalue weighted by Gasteiger charge is 2.18. The van der Waals surface area contributed by atoms with E-state index in [2.05, 4.69) is 29.6 Å². The molecule has 116 valence electrons. The average Bonchev–Trinajstić information content (AvgIpc) is 2.59. The number of benzene rings is 2. The summed E-state index contributed by atoms with van der Waals surface area (Å²) in [4.78, 5) is 12.0. The van der Waals surface area contributed by atoms with Gasteiger partial charge in [0.2, 0.25) is 5.91 Å². The molecule has 3 nitrogen and oxygen atoms in total. The number of nitrogens with two attached hydrogens (primary N) is 1. The largest absolute Gasteiger partial charge is 0.351 e. The topological polar surface area (TPSA) is 55.1 Å². The Hall–Kier alpha value is -2.13. The molecule has 0 radical (unpaired) electrons. The lowest BCUT2D eigenvalue weighted by atomic mass is 9.99. The van der Waals surface area contributed by atoms with Crippen LogP contribution in [0.2, 0.25) is 0 Å². The van der Waals surface area contributed by atoms with Crippen LogP contribution in [0.1, 0.15) is 25.8 Å². The SMILES string of the molecule is CC[C@H](C)[C@H](N)C(=O)NCc1ccc(-c2ccccc2)cc1. The smallest absolute Gasteiger partial charge is 0.237 e. The van der Waals surface area contributed by atoms with Crippen molar-refractivity contribution in [3.05, 3.63) is 60.2 Å². The number of carbonyl (C=O) groups excluding carboxylic acids is 1. The lowest BCUT2D eigenvalue weighted by Crippen LogP contribution is -2.44. The van der Waals surface area contributed by atoms with Crippen LogP contribution >= 0.6 is 0 Å². The molecule has 0 heterocycles. The summed E-state index contributed by atoms with van der Waals surface area (Å²) >= 11 is 0. The molecule has 0 unspecified atom stereocenters. The Morgan fingerprint density at radius 1 is 1.05 bits per heavy atom. The molecule has 0 bridgehead atoms. The van der Waals surface area contributed by atoms with Crippen LogP contribution in [0.5, 0.6) is 0 Å². The van der Waals surface area contributed by atoms with E-state index >= 15 is 0 Å². The average molecular weight is 296 g/mol. The van der Waals surface area contributed by atoms with Crippen LogP contribution in [0.4, 0.5) is 0 Å². The van der Waals surface area contributed by atoms with Crippen molar-refractivity contribution in [2.45, 2.75) is 32.9 Å². The lowest BCUT2D eigenvalue weighted by Gasteiger charge is -2.17. The molecular weight excluding hydrogens is 272 g/mol. The maximum Gasteiger partial charge on any atom is 0.237 e. The Labute approximate surface area is 132 Å². The summed E-state index contributed by atoms with van der Waals surface area (Å²) in [6.07, 6.45) is 0.903. The van der Waals surface area contributed by atoms with Gasteiger partial charge in [-0.15, -0.1) is 0 Å². The Kier molecular flexibility index (Phi) is 5.73. The minimum atomic E-state index is -0.436. The summed E-state index contributed by atoms with van der Waals surface area (Å²) < 4.78 is 0. The number of carbonyl (C=O) groups is 1. The first-order valence-corrected chi connectivity index (χ1v) is 7.79. The van der Waals surface area contributed by atoms with E-state index in [9.17, 15) is 4.79 Å². The van der Waals surface area contributed by atoms with Crippen molar-refractivity contribution >= 4 is 5.91 Å². The first-order chi connectivity index (χ1) is 10.6. The summed E-state index contributed by atoms with van der Waals surface area (Å²) in [6.45, 7) is 4.55. The molecule has 3 heteroatoms. The molecule has 3 N–H and O–H groups in total. The molecule has 0 saturated heterocycles. The molecule has 0 aliphatic carbocycles. The quantitative estimate of drug-likeness (QED) is 0.859. The van der Waals surface area contributed by atoms with Crippen LogP contribution in [0.3, 0.4) is 0 Å². The molecule has 0 fully saturated rings. The first-order valence-electron chi connectivity index (χ1n) is 7.79. The zero-order valence-electron chi connectivity index (χ0n) is 13.3. The summed E-state index contributed by atoms with van der Waals surface area (Å²) in [5.74, 6) is 0.113. The number of nitrogens with one attached hydrogen (secondary N) is 1. The molecule has 2 atom stereocenters. The normalized spacial score (nSPS) is 13.4. The fraction of sp³-hybridized carbons (Fsp3) is 0.316. The Morgan fingerprint density at radius 2 is 1.64 bits per heavy atom. The Balaban J connectivity index is 1.93. The third-order valence-corrected chi connectivity index (χ3v) is 4.09. The van der Waals surface area contributed by atoms with Crippen LogP contribution in [0.25, 0.3) is 11.1 Å². The van der Waals surface area contributed by atoms with Crippen LogP contribution in [0, 0.1) is 5.92 Å². The highest BCUT2D eigenvalue weighted by Crippen LogP contribution is 2.19. The number of hydrogen-bond acceptors (Lipinski definition) is 2. The van der Waals surface area contributed by atoms with E-state index in [1.807, 2.05) is 44.2 Å². The summed E-state index contributed by atoms with van der Waals surface area (Å²) in [7, 11) is 0. The van der Waals surface area contributed by atoms with Gasteiger partial charge in [-0.2, -0.15) is 0 Å². The second-order valence-electron chi connectivity index (χ2n) is 5.69. The Morgan fingerprint density at radius 3 is 2.23 bits per heavy atom. The van der Waals surface area contributed by atoms with Crippen molar-refractivity contribution in [3.8, 4) is 11.1 Å². The van der Waals surface area contributed by atoms with Gasteiger partial charge in [0, 0.05) is 6.54 Å². The van der Waals surface area contributed by atoms with Crippen LogP contribution in [0.15, 0.2) is 54.6 Å². The summed E-state index contributed by atoms with van der Waals surface area (Å²) in [5, 5.41) is 2.91. The molecule has 22 heavy (non-hydrogen) atoms. The second kappa shape index (κ2) is 7.76. The molecule has 0 spiro atoms. The number of rotatable bonds is 6. The highest BCUT2D eigenvalue weighted by atomic mass is 16.2. The molecule has 0 aromatic heterocycles. The van der Waals surface area contributed by atoms with Crippen molar-refractivity contribution in [2.24, 2.45) is 11.7 Å². The van der Waals surface area contributed by atoms with E-state index in [1.165, 1.54) is 11.1 Å². The van der Waals surface area contributed by atoms with Crippen molar-refractivity contribution < 1.29 is 4.79 Å². The van der Waals surface area contributed by atoms with Gasteiger partial charge in [-0.1, -0.05) is 74.9 Å². The predicted molar refractivity (Wildman–Crippen MR) is 91.2 cm³/mol. The molecule has 2 aromatic rings. The fourth-order valence-electron chi connectivity index (χ4n) is 2.27. The monoisotopic (exact) mass is 296 g/mol. The van der Waals surface area contributed by atoms with Crippen molar-refractivity contribution in [2.75, 3.05) is 0 Å². The van der Waals surface area contributed by atoms with Crippen molar-refractivity contribution in [1.29, 1.82) is 0 Å². The number of amides is 1. The maximum absolute atomic E-state index is 12.0. The van der Waals surface area contributed by atoms with E-state index in [0.717, 1.165) is 12.0 Å². The first kappa shape index (κ1) is 16.2. The molecule has 1 amide bonds. The minimum Gasteiger partial charge on any atom is -0.351 e. The molecule has 2 aromatic carbocycles. The predicted octanol–water partition coefficient (Wildman–Crippen LogP) is 3.34. The summed E-state index contributed by atoms with van der Waals surface area (Å²) in [6, 6.07) is 18.0. The Bertz CT molecular complexity index is 593. The zero-order chi connectivity index (χ0) is 15.9. The van der Waals surface area contributed by atoms with Gasteiger partial charge < -0.3 is 11.1 Å². The fourth-order valence-corrected chi connectivity index (χ4v) is 2.27. The molecule has 0 aliphatic heterocycles. The lowest BCUT2D eigenvalue weighted by molar-refractivity contribution is -0.123.